The van der Waals surface area contributed by atoms with Gasteiger partial charge in [-0.2, -0.15) is 0 Å². The van der Waals surface area contributed by atoms with E-state index in [1.54, 1.807) is 0 Å². The zero-order chi connectivity index (χ0) is 14.9. The number of hydrogen-bond acceptors (Lipinski definition) is 3. The Kier molecular flexibility index (Phi) is 3.34. The summed E-state index contributed by atoms with van der Waals surface area (Å²) in [5, 5.41) is 7.84. The van der Waals surface area contributed by atoms with Crippen LogP contribution in [0.4, 0.5) is 0 Å². The summed E-state index contributed by atoms with van der Waals surface area (Å²) >= 11 is 0. The Morgan fingerprint density at radius 1 is 0.810 bits per heavy atom. The summed E-state index contributed by atoms with van der Waals surface area (Å²) in [6, 6.07) is 18.4. The van der Waals surface area contributed by atoms with Gasteiger partial charge in [-0.3, -0.25) is 0 Å². The lowest BCUT2D eigenvalue weighted by Crippen LogP contribution is -2.10. The molecule has 1 heterocycles. The molecule has 0 amide bonds. The maximum absolute atomic E-state index is 5.37. The molecule has 0 unspecified atom stereocenters. The van der Waals surface area contributed by atoms with E-state index < -0.39 is 0 Å². The predicted molar refractivity (Wildman–Crippen MR) is 83.9 cm³/mol. The molecule has 0 N–H and O–H groups in total. The quantitative estimate of drug-likeness (QED) is 0.682. The van der Waals surface area contributed by atoms with E-state index in [4.69, 9.17) is 4.52 Å². The zero-order valence-electron chi connectivity index (χ0n) is 12.5. The summed E-state index contributed by atoms with van der Waals surface area (Å²) in [6.07, 6.45) is 0. The van der Waals surface area contributed by atoms with Crippen LogP contribution >= 0.6 is 0 Å². The molecule has 1 aromatic heterocycles. The van der Waals surface area contributed by atoms with Crippen LogP contribution in [-0.2, 0) is 5.41 Å². The summed E-state index contributed by atoms with van der Waals surface area (Å²) in [5.41, 5.74) is 4.21. The Hall–Kier alpha value is -2.42. The highest BCUT2D eigenvalue weighted by molar-refractivity contribution is 5.76. The van der Waals surface area contributed by atoms with Crippen LogP contribution < -0.4 is 0 Å². The molecule has 3 nitrogen and oxygen atoms in total. The number of aromatic nitrogens is 2. The molecule has 2 aromatic carbocycles. The number of benzene rings is 2. The Morgan fingerprint density at radius 3 is 2.10 bits per heavy atom. The molecular formula is C18H18N2O. The van der Waals surface area contributed by atoms with Gasteiger partial charge >= 0.3 is 0 Å². The second-order valence-corrected chi connectivity index (χ2v) is 6.14. The fourth-order valence-corrected chi connectivity index (χ4v) is 2.29. The van der Waals surface area contributed by atoms with Crippen molar-refractivity contribution >= 4 is 0 Å². The van der Waals surface area contributed by atoms with Gasteiger partial charge in [-0.15, -0.1) is 5.10 Å². The highest BCUT2D eigenvalue weighted by Gasteiger charge is 2.17. The van der Waals surface area contributed by atoms with Crippen molar-refractivity contribution in [3.63, 3.8) is 0 Å². The standard InChI is InChI=1S/C18H18N2O/c1-18(2,3)15-11-9-14(10-12-15)17-16(19-20-21-17)13-7-5-4-6-8-13/h4-12H,1-3H3. The van der Waals surface area contributed by atoms with Gasteiger partial charge in [0.15, 0.2) is 5.76 Å². The van der Waals surface area contributed by atoms with E-state index in [9.17, 15) is 0 Å². The van der Waals surface area contributed by atoms with Crippen molar-refractivity contribution in [3.8, 4) is 22.6 Å². The first-order valence-corrected chi connectivity index (χ1v) is 7.04. The first-order chi connectivity index (χ1) is 10.1. The van der Waals surface area contributed by atoms with Crippen LogP contribution in [0.5, 0.6) is 0 Å². The van der Waals surface area contributed by atoms with Crippen LogP contribution in [-0.4, -0.2) is 10.4 Å². The summed E-state index contributed by atoms with van der Waals surface area (Å²) in [6.45, 7) is 6.61. The van der Waals surface area contributed by atoms with Crippen LogP contribution in [0, 0.1) is 0 Å². The summed E-state index contributed by atoms with van der Waals surface area (Å²) in [4.78, 5) is 0. The van der Waals surface area contributed by atoms with Gasteiger partial charge in [-0.25, -0.2) is 0 Å². The van der Waals surface area contributed by atoms with E-state index in [0.29, 0.717) is 5.76 Å². The van der Waals surface area contributed by atoms with Crippen LogP contribution in [0.1, 0.15) is 26.3 Å². The van der Waals surface area contributed by atoms with Crippen molar-refractivity contribution in [1.82, 2.24) is 10.4 Å². The largest absolute Gasteiger partial charge is 0.336 e. The van der Waals surface area contributed by atoms with E-state index in [1.165, 1.54) is 5.56 Å². The van der Waals surface area contributed by atoms with Gasteiger partial charge in [0, 0.05) is 16.4 Å². The van der Waals surface area contributed by atoms with Gasteiger partial charge in [-0.1, -0.05) is 75.4 Å². The number of nitrogens with zero attached hydrogens (tertiary/aromatic N) is 2. The number of rotatable bonds is 2. The topological polar surface area (TPSA) is 38.9 Å². The number of hydrogen-bond donors (Lipinski definition) is 0. The Morgan fingerprint density at radius 2 is 1.48 bits per heavy atom. The third kappa shape index (κ3) is 2.72. The first-order valence-electron chi connectivity index (χ1n) is 7.04. The maximum Gasteiger partial charge on any atom is 0.195 e. The van der Waals surface area contributed by atoms with Crippen LogP contribution in [0.2, 0.25) is 0 Å². The van der Waals surface area contributed by atoms with Crippen molar-refractivity contribution in [1.29, 1.82) is 0 Å². The lowest BCUT2D eigenvalue weighted by atomic mass is 9.86. The second-order valence-electron chi connectivity index (χ2n) is 6.14. The summed E-state index contributed by atoms with van der Waals surface area (Å²) in [5.74, 6) is 0.710. The Balaban J connectivity index is 2.01. The molecule has 0 fully saturated rings. The average Bonchev–Trinajstić information content (AvgIpc) is 2.97. The van der Waals surface area contributed by atoms with E-state index in [2.05, 4.69) is 55.4 Å². The van der Waals surface area contributed by atoms with Gasteiger partial charge in [0.1, 0.15) is 5.69 Å². The van der Waals surface area contributed by atoms with Crippen molar-refractivity contribution < 1.29 is 4.52 Å². The second kappa shape index (κ2) is 5.17. The van der Waals surface area contributed by atoms with E-state index in [1.807, 2.05) is 30.3 Å². The van der Waals surface area contributed by atoms with Crippen LogP contribution in [0.15, 0.2) is 59.1 Å². The third-order valence-corrected chi connectivity index (χ3v) is 3.55. The highest BCUT2D eigenvalue weighted by atomic mass is 16.5. The molecule has 0 aliphatic rings. The van der Waals surface area contributed by atoms with E-state index >= 15 is 0 Å². The smallest absolute Gasteiger partial charge is 0.195 e. The lowest BCUT2D eigenvalue weighted by molar-refractivity contribution is 0.403. The molecule has 0 radical (unpaired) electrons. The van der Waals surface area contributed by atoms with Crippen molar-refractivity contribution in [3.05, 3.63) is 60.2 Å². The van der Waals surface area contributed by atoms with Crippen molar-refractivity contribution in [2.45, 2.75) is 26.2 Å². The Bertz CT molecular complexity index is 722. The maximum atomic E-state index is 5.37. The third-order valence-electron chi connectivity index (χ3n) is 3.55. The van der Waals surface area contributed by atoms with Crippen LogP contribution in [0.3, 0.4) is 0 Å². The van der Waals surface area contributed by atoms with Crippen molar-refractivity contribution in [2.75, 3.05) is 0 Å². The van der Waals surface area contributed by atoms with E-state index in [-0.39, 0.29) is 5.41 Å². The van der Waals surface area contributed by atoms with E-state index in [0.717, 1.165) is 16.8 Å². The molecule has 0 atom stereocenters. The fraction of sp³-hybridized carbons (Fsp3) is 0.222. The van der Waals surface area contributed by atoms with Crippen molar-refractivity contribution in [2.24, 2.45) is 0 Å². The van der Waals surface area contributed by atoms with Gasteiger partial charge in [-0.05, 0) is 11.0 Å². The molecule has 0 aliphatic heterocycles. The normalized spacial score (nSPS) is 11.6. The molecule has 3 aromatic rings. The first kappa shape index (κ1) is 13.6. The van der Waals surface area contributed by atoms with Gasteiger partial charge in [0.25, 0.3) is 0 Å². The van der Waals surface area contributed by atoms with Gasteiger partial charge in [0.05, 0.1) is 0 Å². The minimum Gasteiger partial charge on any atom is -0.336 e. The molecule has 3 rings (SSSR count). The molecule has 3 heteroatoms. The Labute approximate surface area is 124 Å². The molecule has 106 valence electrons. The van der Waals surface area contributed by atoms with Gasteiger partial charge < -0.3 is 4.52 Å². The molecule has 0 aliphatic carbocycles. The molecular weight excluding hydrogens is 260 g/mol. The lowest BCUT2D eigenvalue weighted by Gasteiger charge is -2.18. The summed E-state index contributed by atoms with van der Waals surface area (Å²) in [7, 11) is 0. The summed E-state index contributed by atoms with van der Waals surface area (Å²) < 4.78 is 5.37. The fourth-order valence-electron chi connectivity index (χ4n) is 2.29. The molecule has 0 spiro atoms. The molecule has 21 heavy (non-hydrogen) atoms. The highest BCUT2D eigenvalue weighted by Crippen LogP contribution is 2.31. The minimum atomic E-state index is 0.139. The zero-order valence-corrected chi connectivity index (χ0v) is 12.5. The minimum absolute atomic E-state index is 0.139. The predicted octanol–water partition coefficient (Wildman–Crippen LogP) is 4.70. The monoisotopic (exact) mass is 278 g/mol. The molecule has 0 bridgehead atoms. The molecule has 0 saturated carbocycles. The van der Waals surface area contributed by atoms with Gasteiger partial charge in [0.2, 0.25) is 0 Å². The van der Waals surface area contributed by atoms with Crippen LogP contribution in [0.25, 0.3) is 22.6 Å². The SMILES string of the molecule is CC(C)(C)c1ccc(-c2onnc2-c2ccccc2)cc1. The molecule has 0 saturated heterocycles. The average molecular weight is 278 g/mol.